The lowest BCUT2D eigenvalue weighted by Crippen LogP contribution is -2.28. The van der Waals surface area contributed by atoms with E-state index in [-0.39, 0.29) is 11.6 Å². The second-order valence-electron chi connectivity index (χ2n) is 5.28. The minimum Gasteiger partial charge on any atom is -0.379 e. The molecule has 0 radical (unpaired) electrons. The first-order chi connectivity index (χ1) is 8.89. The molecule has 108 valence electrons. The van der Waals surface area contributed by atoms with Crippen molar-refractivity contribution in [1.29, 1.82) is 0 Å². The quantitative estimate of drug-likeness (QED) is 0.814. The summed E-state index contributed by atoms with van der Waals surface area (Å²) in [6.45, 7) is 6.69. The largest absolute Gasteiger partial charge is 0.379 e. The number of benzene rings is 1. The number of ether oxygens (including phenoxy) is 1. The number of methoxy groups -OCH3 is 1. The van der Waals surface area contributed by atoms with Crippen LogP contribution in [0, 0.1) is 11.6 Å². The van der Waals surface area contributed by atoms with Crippen LogP contribution in [0.1, 0.15) is 45.2 Å². The van der Waals surface area contributed by atoms with Crippen molar-refractivity contribution in [3.63, 3.8) is 0 Å². The summed E-state index contributed by atoms with van der Waals surface area (Å²) in [5.41, 5.74) is 0.264. The van der Waals surface area contributed by atoms with Gasteiger partial charge in [-0.1, -0.05) is 13.0 Å². The molecule has 0 fully saturated rings. The maximum Gasteiger partial charge on any atom is 0.130 e. The number of hydrogen-bond acceptors (Lipinski definition) is 2. The van der Waals surface area contributed by atoms with Gasteiger partial charge >= 0.3 is 0 Å². The molecule has 0 aliphatic rings. The lowest BCUT2D eigenvalue weighted by atomic mass is 9.94. The van der Waals surface area contributed by atoms with E-state index in [1.165, 1.54) is 12.1 Å². The predicted octanol–water partition coefficient (Wildman–Crippen LogP) is 3.82. The Kier molecular flexibility index (Phi) is 5.88. The van der Waals surface area contributed by atoms with Crippen LogP contribution < -0.4 is 5.32 Å². The average molecular weight is 271 g/mol. The van der Waals surface area contributed by atoms with Gasteiger partial charge in [0.1, 0.15) is 11.6 Å². The van der Waals surface area contributed by atoms with Crippen molar-refractivity contribution < 1.29 is 13.5 Å². The van der Waals surface area contributed by atoms with Gasteiger partial charge < -0.3 is 10.1 Å². The molecule has 0 aliphatic carbocycles. The zero-order valence-electron chi connectivity index (χ0n) is 12.1. The van der Waals surface area contributed by atoms with Gasteiger partial charge in [0.2, 0.25) is 0 Å². The molecule has 0 heterocycles. The van der Waals surface area contributed by atoms with Crippen LogP contribution in [0.2, 0.25) is 0 Å². The highest BCUT2D eigenvalue weighted by molar-refractivity contribution is 5.22. The van der Waals surface area contributed by atoms with Gasteiger partial charge in [-0.2, -0.15) is 0 Å². The van der Waals surface area contributed by atoms with Gasteiger partial charge in [0.25, 0.3) is 0 Å². The van der Waals surface area contributed by atoms with Crippen LogP contribution in [-0.2, 0) is 4.74 Å². The highest BCUT2D eigenvalue weighted by Crippen LogP contribution is 2.26. The Morgan fingerprint density at radius 3 is 2.53 bits per heavy atom. The highest BCUT2D eigenvalue weighted by Gasteiger charge is 2.21. The standard InChI is InChI=1S/C15H23F2NO/c1-5-18-14(8-9-15(2,3)19-4)12-7-6-11(16)10-13(12)17/h6-7,10,14,18H,5,8-9H2,1-4H3. The molecule has 4 heteroatoms. The Bertz CT molecular complexity index is 407. The van der Waals surface area contributed by atoms with Crippen molar-refractivity contribution in [2.75, 3.05) is 13.7 Å². The molecule has 0 spiro atoms. The molecule has 2 nitrogen and oxygen atoms in total. The predicted molar refractivity (Wildman–Crippen MR) is 73.1 cm³/mol. The van der Waals surface area contributed by atoms with Crippen LogP contribution in [0.25, 0.3) is 0 Å². The summed E-state index contributed by atoms with van der Waals surface area (Å²) >= 11 is 0. The van der Waals surface area contributed by atoms with E-state index in [9.17, 15) is 8.78 Å². The zero-order valence-corrected chi connectivity index (χ0v) is 12.1. The van der Waals surface area contributed by atoms with E-state index < -0.39 is 11.6 Å². The molecule has 1 N–H and O–H groups in total. The molecule has 1 rings (SSSR count). The molecular weight excluding hydrogens is 248 g/mol. The van der Waals surface area contributed by atoms with Crippen LogP contribution in [0.5, 0.6) is 0 Å². The third kappa shape index (κ3) is 4.88. The van der Waals surface area contributed by atoms with E-state index in [1.54, 1.807) is 7.11 Å². The fourth-order valence-corrected chi connectivity index (χ4v) is 1.99. The van der Waals surface area contributed by atoms with Crippen molar-refractivity contribution >= 4 is 0 Å². The first-order valence-electron chi connectivity index (χ1n) is 6.63. The van der Waals surface area contributed by atoms with Gasteiger partial charge in [0, 0.05) is 24.8 Å². The van der Waals surface area contributed by atoms with E-state index in [2.05, 4.69) is 5.32 Å². The van der Waals surface area contributed by atoms with E-state index in [4.69, 9.17) is 4.74 Å². The Morgan fingerprint density at radius 2 is 2.00 bits per heavy atom. The third-order valence-electron chi connectivity index (χ3n) is 3.38. The van der Waals surface area contributed by atoms with Gasteiger partial charge in [-0.25, -0.2) is 8.78 Å². The second-order valence-corrected chi connectivity index (χ2v) is 5.28. The molecule has 0 aromatic heterocycles. The number of nitrogens with one attached hydrogen (secondary N) is 1. The van der Waals surface area contributed by atoms with Crippen molar-refractivity contribution in [3.05, 3.63) is 35.4 Å². The molecule has 0 saturated heterocycles. The summed E-state index contributed by atoms with van der Waals surface area (Å²) in [5, 5.41) is 3.24. The Balaban J connectivity index is 2.82. The zero-order chi connectivity index (χ0) is 14.5. The number of rotatable bonds is 7. The van der Waals surface area contributed by atoms with Crippen LogP contribution in [0.3, 0.4) is 0 Å². The summed E-state index contributed by atoms with van der Waals surface area (Å²) in [6, 6.07) is 3.61. The summed E-state index contributed by atoms with van der Waals surface area (Å²) in [7, 11) is 1.67. The van der Waals surface area contributed by atoms with Crippen molar-refractivity contribution in [1.82, 2.24) is 5.32 Å². The number of halogens is 2. The summed E-state index contributed by atoms with van der Waals surface area (Å²) < 4.78 is 32.1. The van der Waals surface area contributed by atoms with Crippen LogP contribution in [-0.4, -0.2) is 19.3 Å². The second kappa shape index (κ2) is 6.96. The van der Waals surface area contributed by atoms with Crippen molar-refractivity contribution in [2.24, 2.45) is 0 Å². The molecule has 0 bridgehead atoms. The smallest absolute Gasteiger partial charge is 0.130 e. The van der Waals surface area contributed by atoms with Crippen molar-refractivity contribution in [3.8, 4) is 0 Å². The molecule has 1 aromatic rings. The van der Waals surface area contributed by atoms with Gasteiger partial charge in [-0.15, -0.1) is 0 Å². The van der Waals surface area contributed by atoms with Crippen LogP contribution in [0.15, 0.2) is 18.2 Å². The summed E-state index contributed by atoms with van der Waals surface area (Å²) in [5.74, 6) is -1.05. The molecule has 0 amide bonds. The molecule has 1 unspecified atom stereocenters. The Labute approximate surface area is 114 Å². The average Bonchev–Trinajstić information content (AvgIpc) is 2.35. The minimum absolute atomic E-state index is 0.125. The van der Waals surface area contributed by atoms with E-state index >= 15 is 0 Å². The fourth-order valence-electron chi connectivity index (χ4n) is 1.99. The van der Waals surface area contributed by atoms with E-state index in [0.29, 0.717) is 5.56 Å². The fraction of sp³-hybridized carbons (Fsp3) is 0.600. The van der Waals surface area contributed by atoms with Crippen molar-refractivity contribution in [2.45, 2.75) is 45.3 Å². The summed E-state index contributed by atoms with van der Waals surface area (Å²) in [4.78, 5) is 0. The Morgan fingerprint density at radius 1 is 1.32 bits per heavy atom. The molecule has 1 aromatic carbocycles. The number of hydrogen-bond donors (Lipinski definition) is 1. The monoisotopic (exact) mass is 271 g/mol. The van der Waals surface area contributed by atoms with Gasteiger partial charge in [0.15, 0.2) is 0 Å². The summed E-state index contributed by atoms with van der Waals surface area (Å²) in [6.07, 6.45) is 1.52. The first-order valence-corrected chi connectivity index (χ1v) is 6.63. The SMILES string of the molecule is CCNC(CCC(C)(C)OC)c1ccc(F)cc1F. The first kappa shape index (κ1) is 16.1. The van der Waals surface area contributed by atoms with Gasteiger partial charge in [-0.3, -0.25) is 0 Å². The van der Waals surface area contributed by atoms with Crippen LogP contribution >= 0.6 is 0 Å². The van der Waals surface area contributed by atoms with Gasteiger partial charge in [-0.05, 0) is 39.3 Å². The Hall–Kier alpha value is -1.00. The topological polar surface area (TPSA) is 21.3 Å². The molecular formula is C15H23F2NO. The van der Waals surface area contributed by atoms with E-state index in [1.807, 2.05) is 20.8 Å². The highest BCUT2D eigenvalue weighted by atomic mass is 19.1. The lowest BCUT2D eigenvalue weighted by molar-refractivity contribution is 0.0116. The van der Waals surface area contributed by atoms with Crippen LogP contribution in [0.4, 0.5) is 8.78 Å². The van der Waals surface area contributed by atoms with Gasteiger partial charge in [0.05, 0.1) is 5.60 Å². The molecule has 0 aliphatic heterocycles. The maximum atomic E-state index is 13.8. The maximum absolute atomic E-state index is 13.8. The molecule has 1 atom stereocenters. The molecule has 19 heavy (non-hydrogen) atoms. The normalized spacial score (nSPS) is 13.6. The lowest BCUT2D eigenvalue weighted by Gasteiger charge is -2.26. The third-order valence-corrected chi connectivity index (χ3v) is 3.38. The molecule has 0 saturated carbocycles. The van der Waals surface area contributed by atoms with E-state index in [0.717, 1.165) is 25.5 Å². The minimum atomic E-state index is -0.547.